The van der Waals surface area contributed by atoms with Crippen molar-refractivity contribution >= 4 is 11.3 Å². The summed E-state index contributed by atoms with van der Waals surface area (Å²) in [6.45, 7) is 3.89. The topological polar surface area (TPSA) is 34.1 Å². The Morgan fingerprint density at radius 3 is 3.12 bits per heavy atom. The molecule has 1 unspecified atom stereocenters. The van der Waals surface area contributed by atoms with Crippen LogP contribution in [0.25, 0.3) is 0 Å². The van der Waals surface area contributed by atoms with Crippen molar-refractivity contribution in [2.24, 2.45) is 0 Å². The van der Waals surface area contributed by atoms with Crippen LogP contribution in [-0.4, -0.2) is 24.7 Å². The lowest BCUT2D eigenvalue weighted by molar-refractivity contribution is 0.184. The summed E-state index contributed by atoms with van der Waals surface area (Å²) >= 11 is 1.81. The van der Waals surface area contributed by atoms with Crippen molar-refractivity contribution in [3.8, 4) is 0 Å². The van der Waals surface area contributed by atoms with E-state index in [1.165, 1.54) is 23.5 Å². The van der Waals surface area contributed by atoms with Gasteiger partial charge in [-0.3, -0.25) is 0 Å². The summed E-state index contributed by atoms with van der Waals surface area (Å²) in [5.41, 5.74) is 1.19. The molecule has 0 saturated heterocycles. The Labute approximate surface area is 101 Å². The zero-order valence-corrected chi connectivity index (χ0v) is 10.8. The van der Waals surface area contributed by atoms with Crippen molar-refractivity contribution in [1.29, 1.82) is 0 Å². The van der Waals surface area contributed by atoms with Gasteiger partial charge in [-0.2, -0.15) is 0 Å². The molecule has 0 bridgehead atoms. The van der Waals surface area contributed by atoms with Gasteiger partial charge in [-0.1, -0.05) is 0 Å². The predicted molar refractivity (Wildman–Crippen MR) is 66.9 cm³/mol. The number of nitrogens with one attached hydrogen (secondary N) is 1. The van der Waals surface area contributed by atoms with E-state index in [0.29, 0.717) is 6.04 Å². The number of hydrogen-bond donors (Lipinski definition) is 1. The highest BCUT2D eigenvalue weighted by atomic mass is 32.1. The zero-order valence-electron chi connectivity index (χ0n) is 10.0. The van der Waals surface area contributed by atoms with Crippen LogP contribution >= 0.6 is 11.3 Å². The van der Waals surface area contributed by atoms with Crippen LogP contribution in [0, 0.1) is 0 Å². The molecule has 1 N–H and O–H groups in total. The fourth-order valence-electron chi connectivity index (χ4n) is 1.60. The first-order valence-electron chi connectivity index (χ1n) is 5.96. The SMILES string of the molecule is COCCC(C)NCc1csc(C2CC2)n1. The van der Waals surface area contributed by atoms with E-state index in [-0.39, 0.29) is 0 Å². The molecule has 1 heterocycles. The molecule has 0 aromatic carbocycles. The molecule has 1 atom stereocenters. The van der Waals surface area contributed by atoms with Crippen molar-refractivity contribution in [3.05, 3.63) is 16.1 Å². The second-order valence-electron chi connectivity index (χ2n) is 4.51. The minimum atomic E-state index is 0.492. The average Bonchev–Trinajstić information content (AvgIpc) is 3.03. The van der Waals surface area contributed by atoms with Crippen molar-refractivity contribution in [2.75, 3.05) is 13.7 Å². The molecule has 1 aliphatic rings. The third-order valence-corrected chi connectivity index (χ3v) is 3.94. The molecule has 1 aliphatic carbocycles. The Morgan fingerprint density at radius 2 is 2.44 bits per heavy atom. The molecular weight excluding hydrogens is 220 g/mol. The monoisotopic (exact) mass is 240 g/mol. The van der Waals surface area contributed by atoms with E-state index in [2.05, 4.69) is 22.6 Å². The fraction of sp³-hybridized carbons (Fsp3) is 0.750. The summed E-state index contributed by atoms with van der Waals surface area (Å²) in [4.78, 5) is 4.65. The van der Waals surface area contributed by atoms with Gasteiger partial charge in [0.25, 0.3) is 0 Å². The summed E-state index contributed by atoms with van der Waals surface area (Å²) in [7, 11) is 1.75. The minimum absolute atomic E-state index is 0.492. The minimum Gasteiger partial charge on any atom is -0.385 e. The summed E-state index contributed by atoms with van der Waals surface area (Å²) < 4.78 is 5.05. The van der Waals surface area contributed by atoms with E-state index < -0.39 is 0 Å². The van der Waals surface area contributed by atoms with Gasteiger partial charge in [0.15, 0.2) is 0 Å². The van der Waals surface area contributed by atoms with Gasteiger partial charge in [0.2, 0.25) is 0 Å². The molecular formula is C12H20N2OS. The largest absolute Gasteiger partial charge is 0.385 e. The van der Waals surface area contributed by atoms with E-state index in [0.717, 1.165) is 25.5 Å². The Hall–Kier alpha value is -0.450. The van der Waals surface area contributed by atoms with Crippen LogP contribution in [0.1, 0.15) is 42.8 Å². The Bertz CT molecular complexity index is 323. The van der Waals surface area contributed by atoms with Gasteiger partial charge in [0.1, 0.15) is 0 Å². The molecule has 1 aromatic rings. The number of aromatic nitrogens is 1. The molecule has 2 rings (SSSR count). The van der Waals surface area contributed by atoms with Gasteiger partial charge in [-0.05, 0) is 26.2 Å². The van der Waals surface area contributed by atoms with Crippen LogP contribution in [-0.2, 0) is 11.3 Å². The van der Waals surface area contributed by atoms with Crippen molar-refractivity contribution in [3.63, 3.8) is 0 Å². The van der Waals surface area contributed by atoms with E-state index in [4.69, 9.17) is 4.74 Å². The third-order valence-electron chi connectivity index (χ3n) is 2.88. The number of methoxy groups -OCH3 is 1. The summed E-state index contributed by atoms with van der Waals surface area (Å²) in [5, 5.41) is 6.99. The highest BCUT2D eigenvalue weighted by Crippen LogP contribution is 2.41. The first-order chi connectivity index (χ1) is 7.79. The predicted octanol–water partition coefficient (Wildman–Crippen LogP) is 2.54. The van der Waals surface area contributed by atoms with Gasteiger partial charge < -0.3 is 10.1 Å². The number of hydrogen-bond acceptors (Lipinski definition) is 4. The standard InChI is InChI=1S/C12H20N2OS/c1-9(5-6-15-2)13-7-11-8-16-12(14-11)10-3-4-10/h8-10,13H,3-7H2,1-2H3. The van der Waals surface area contributed by atoms with E-state index >= 15 is 0 Å². The lowest BCUT2D eigenvalue weighted by Crippen LogP contribution is -2.26. The zero-order chi connectivity index (χ0) is 11.4. The van der Waals surface area contributed by atoms with Gasteiger partial charge in [0, 0.05) is 37.6 Å². The Kier molecular flexibility index (Phi) is 4.32. The molecule has 0 aliphatic heterocycles. The van der Waals surface area contributed by atoms with Crippen molar-refractivity contribution < 1.29 is 4.74 Å². The number of rotatable bonds is 7. The molecule has 4 heteroatoms. The molecule has 1 saturated carbocycles. The quantitative estimate of drug-likeness (QED) is 0.795. The van der Waals surface area contributed by atoms with Crippen LogP contribution in [0.4, 0.5) is 0 Å². The molecule has 1 aromatic heterocycles. The normalized spacial score (nSPS) is 17.6. The molecule has 3 nitrogen and oxygen atoms in total. The maximum atomic E-state index is 5.05. The third kappa shape index (κ3) is 3.54. The summed E-state index contributed by atoms with van der Waals surface area (Å²) in [5.74, 6) is 0.782. The molecule has 0 amide bonds. The molecule has 16 heavy (non-hydrogen) atoms. The lowest BCUT2D eigenvalue weighted by atomic mass is 10.2. The van der Waals surface area contributed by atoms with Crippen molar-refractivity contribution in [2.45, 2.75) is 44.7 Å². The smallest absolute Gasteiger partial charge is 0.0959 e. The average molecular weight is 240 g/mol. The number of nitrogens with zero attached hydrogens (tertiary/aromatic N) is 1. The summed E-state index contributed by atoms with van der Waals surface area (Å²) in [6, 6.07) is 0.492. The van der Waals surface area contributed by atoms with Crippen LogP contribution in [0.5, 0.6) is 0 Å². The maximum absolute atomic E-state index is 5.05. The Balaban J connectivity index is 1.71. The fourth-order valence-corrected chi connectivity index (χ4v) is 2.59. The second-order valence-corrected chi connectivity index (χ2v) is 5.40. The van der Waals surface area contributed by atoms with Crippen LogP contribution < -0.4 is 5.32 Å². The van der Waals surface area contributed by atoms with E-state index in [1.54, 1.807) is 7.11 Å². The lowest BCUT2D eigenvalue weighted by Gasteiger charge is -2.11. The highest BCUT2D eigenvalue weighted by Gasteiger charge is 2.26. The molecule has 1 fully saturated rings. The van der Waals surface area contributed by atoms with Crippen molar-refractivity contribution in [1.82, 2.24) is 10.3 Å². The van der Waals surface area contributed by atoms with Crippen LogP contribution in [0.3, 0.4) is 0 Å². The van der Waals surface area contributed by atoms with E-state index in [1.807, 2.05) is 11.3 Å². The Morgan fingerprint density at radius 1 is 1.62 bits per heavy atom. The second kappa shape index (κ2) is 5.75. The van der Waals surface area contributed by atoms with Gasteiger partial charge in [-0.25, -0.2) is 4.98 Å². The van der Waals surface area contributed by atoms with Crippen LogP contribution in [0.2, 0.25) is 0 Å². The van der Waals surface area contributed by atoms with Gasteiger partial charge in [-0.15, -0.1) is 11.3 Å². The number of ether oxygens (including phenoxy) is 1. The van der Waals surface area contributed by atoms with Gasteiger partial charge >= 0.3 is 0 Å². The van der Waals surface area contributed by atoms with Gasteiger partial charge in [0.05, 0.1) is 10.7 Å². The van der Waals surface area contributed by atoms with E-state index in [9.17, 15) is 0 Å². The van der Waals surface area contributed by atoms with Crippen LogP contribution in [0.15, 0.2) is 5.38 Å². The molecule has 90 valence electrons. The first kappa shape index (κ1) is 12.0. The number of thiazole rings is 1. The summed E-state index contributed by atoms with van der Waals surface area (Å²) in [6.07, 6.45) is 3.73. The first-order valence-corrected chi connectivity index (χ1v) is 6.84. The highest BCUT2D eigenvalue weighted by molar-refractivity contribution is 7.09. The molecule has 0 spiro atoms. The maximum Gasteiger partial charge on any atom is 0.0959 e. The molecule has 0 radical (unpaired) electrons.